The molecule has 0 saturated heterocycles. The average Bonchev–Trinajstić information content (AvgIpc) is 3.86. The number of rotatable bonds is 7. The lowest BCUT2D eigenvalue weighted by atomic mass is 9.89. The predicted molar refractivity (Wildman–Crippen MR) is 237 cm³/mol. The highest BCUT2D eigenvalue weighted by atomic mass is 16.3. The smallest absolute Gasteiger partial charge is 0.159 e. The molecule has 0 saturated carbocycles. The molecule has 0 bridgehead atoms. The minimum Gasteiger partial charge on any atom is -0.456 e. The minimum absolute atomic E-state index is 0.810. The molecule has 11 aromatic rings. The van der Waals surface area contributed by atoms with Crippen molar-refractivity contribution >= 4 is 60.9 Å². The molecular formula is C54H35NO2. The second-order valence-corrected chi connectivity index (χ2v) is 14.4. The molecule has 57 heavy (non-hydrogen) atoms. The fourth-order valence-electron chi connectivity index (χ4n) is 8.49. The zero-order valence-electron chi connectivity index (χ0n) is 31.0. The van der Waals surface area contributed by atoms with Crippen molar-refractivity contribution in [3.63, 3.8) is 0 Å². The van der Waals surface area contributed by atoms with Crippen LogP contribution < -0.4 is 4.90 Å². The third-order valence-electron chi connectivity index (χ3n) is 11.1. The number of fused-ring (bicyclic) bond motifs is 7. The molecule has 3 heteroatoms. The Balaban J connectivity index is 1.23. The van der Waals surface area contributed by atoms with E-state index >= 15 is 0 Å². The molecule has 0 fully saturated rings. The molecule has 0 aliphatic rings. The average molecular weight is 730 g/mol. The highest BCUT2D eigenvalue weighted by Gasteiger charge is 2.25. The molecule has 0 spiro atoms. The summed E-state index contributed by atoms with van der Waals surface area (Å²) in [6.07, 6.45) is 0. The molecule has 0 N–H and O–H groups in total. The van der Waals surface area contributed by atoms with Crippen molar-refractivity contribution in [3.8, 4) is 44.5 Å². The first-order valence-corrected chi connectivity index (χ1v) is 19.3. The van der Waals surface area contributed by atoms with Gasteiger partial charge in [-0.15, -0.1) is 0 Å². The van der Waals surface area contributed by atoms with Gasteiger partial charge in [-0.25, -0.2) is 0 Å². The maximum absolute atomic E-state index is 7.03. The Morgan fingerprint density at radius 3 is 1.54 bits per heavy atom. The van der Waals surface area contributed by atoms with Crippen LogP contribution in [-0.4, -0.2) is 0 Å². The third kappa shape index (κ3) is 5.60. The standard InChI is InChI=1S/C54H35NO2/c1-5-17-36(18-6-1)39-33-47-53-51(32-31-50-52(53)45-27-15-16-28-49(45)56-50)57-54(47)48(34-39)55(40-23-11-4-12-24-40)41-29-30-43(38-21-9-3-10-22-38)46(35-41)44-26-14-13-25-42(44)37-19-7-2-8-20-37/h1-35H. The van der Waals surface area contributed by atoms with E-state index in [2.05, 4.69) is 193 Å². The van der Waals surface area contributed by atoms with E-state index < -0.39 is 0 Å². The van der Waals surface area contributed by atoms with Gasteiger partial charge in [0.25, 0.3) is 0 Å². The van der Waals surface area contributed by atoms with Gasteiger partial charge in [0.05, 0.1) is 5.69 Å². The number of anilines is 3. The van der Waals surface area contributed by atoms with Crippen LogP contribution in [0.1, 0.15) is 0 Å². The zero-order chi connectivity index (χ0) is 37.7. The number of benzene rings is 9. The fourth-order valence-corrected chi connectivity index (χ4v) is 8.49. The predicted octanol–water partition coefficient (Wildman–Crippen LogP) is 15.6. The Kier molecular flexibility index (Phi) is 7.82. The van der Waals surface area contributed by atoms with E-state index in [-0.39, 0.29) is 0 Å². The first-order chi connectivity index (χ1) is 28.3. The molecule has 0 atom stereocenters. The molecular weight excluding hydrogens is 695 g/mol. The molecule has 2 aromatic heterocycles. The van der Waals surface area contributed by atoms with Crippen LogP contribution in [0.4, 0.5) is 17.1 Å². The lowest BCUT2D eigenvalue weighted by molar-refractivity contribution is 0.663. The third-order valence-corrected chi connectivity index (χ3v) is 11.1. The van der Waals surface area contributed by atoms with Crippen LogP contribution in [0.5, 0.6) is 0 Å². The molecule has 9 aromatic carbocycles. The lowest BCUT2D eigenvalue weighted by Gasteiger charge is -2.27. The van der Waals surface area contributed by atoms with Gasteiger partial charge < -0.3 is 13.7 Å². The second-order valence-electron chi connectivity index (χ2n) is 14.4. The van der Waals surface area contributed by atoms with Crippen LogP contribution in [0.15, 0.2) is 221 Å². The first kappa shape index (κ1) is 32.8. The van der Waals surface area contributed by atoms with Crippen molar-refractivity contribution in [2.45, 2.75) is 0 Å². The molecule has 0 radical (unpaired) electrons. The zero-order valence-corrected chi connectivity index (χ0v) is 31.0. The summed E-state index contributed by atoms with van der Waals surface area (Å²) < 4.78 is 13.4. The van der Waals surface area contributed by atoms with Gasteiger partial charge >= 0.3 is 0 Å². The number of hydrogen-bond donors (Lipinski definition) is 0. The van der Waals surface area contributed by atoms with Crippen LogP contribution in [-0.2, 0) is 0 Å². The molecule has 11 rings (SSSR count). The Bertz CT molecular complexity index is 3220. The molecule has 0 aliphatic carbocycles. The molecule has 0 amide bonds. The van der Waals surface area contributed by atoms with Crippen LogP contribution in [0.25, 0.3) is 88.4 Å². The normalized spacial score (nSPS) is 11.5. The summed E-state index contributed by atoms with van der Waals surface area (Å²) in [5.41, 5.74) is 15.5. The first-order valence-electron chi connectivity index (χ1n) is 19.3. The van der Waals surface area contributed by atoms with Gasteiger partial charge in [0.2, 0.25) is 0 Å². The summed E-state index contributed by atoms with van der Waals surface area (Å²) in [4.78, 5) is 2.35. The Hall–Kier alpha value is -7.62. The lowest BCUT2D eigenvalue weighted by Crippen LogP contribution is -2.11. The number of hydrogen-bond acceptors (Lipinski definition) is 3. The second kappa shape index (κ2) is 13.6. The van der Waals surface area contributed by atoms with E-state index in [1.807, 2.05) is 24.3 Å². The van der Waals surface area contributed by atoms with Crippen molar-refractivity contribution in [1.82, 2.24) is 0 Å². The fraction of sp³-hybridized carbons (Fsp3) is 0. The van der Waals surface area contributed by atoms with Crippen LogP contribution in [0, 0.1) is 0 Å². The highest BCUT2D eigenvalue weighted by molar-refractivity contribution is 6.27. The van der Waals surface area contributed by atoms with E-state index in [1.165, 1.54) is 16.7 Å². The molecule has 3 nitrogen and oxygen atoms in total. The number of para-hydroxylation sites is 2. The van der Waals surface area contributed by atoms with Gasteiger partial charge in [-0.1, -0.05) is 158 Å². The quantitative estimate of drug-likeness (QED) is 0.164. The van der Waals surface area contributed by atoms with Gasteiger partial charge in [-0.3, -0.25) is 0 Å². The Morgan fingerprint density at radius 1 is 0.298 bits per heavy atom. The van der Waals surface area contributed by atoms with Crippen molar-refractivity contribution < 1.29 is 8.83 Å². The van der Waals surface area contributed by atoms with Crippen molar-refractivity contribution in [2.24, 2.45) is 0 Å². The highest BCUT2D eigenvalue weighted by Crippen LogP contribution is 2.49. The van der Waals surface area contributed by atoms with Crippen LogP contribution in [0.2, 0.25) is 0 Å². The maximum atomic E-state index is 7.03. The monoisotopic (exact) mass is 729 g/mol. The molecule has 0 unspecified atom stereocenters. The van der Waals surface area contributed by atoms with Crippen molar-refractivity contribution in [2.75, 3.05) is 4.90 Å². The van der Waals surface area contributed by atoms with E-state index in [0.717, 1.165) is 88.8 Å². The summed E-state index contributed by atoms with van der Waals surface area (Å²) >= 11 is 0. The minimum atomic E-state index is 0.810. The molecule has 268 valence electrons. The largest absolute Gasteiger partial charge is 0.456 e. The Morgan fingerprint density at radius 2 is 0.842 bits per heavy atom. The van der Waals surface area contributed by atoms with Gasteiger partial charge in [0.1, 0.15) is 16.7 Å². The van der Waals surface area contributed by atoms with E-state index in [1.54, 1.807) is 0 Å². The number of furan rings is 2. The summed E-state index contributed by atoms with van der Waals surface area (Å²) in [5, 5.41) is 4.23. The van der Waals surface area contributed by atoms with Crippen LogP contribution >= 0.6 is 0 Å². The van der Waals surface area contributed by atoms with E-state index in [0.29, 0.717) is 0 Å². The van der Waals surface area contributed by atoms with Crippen molar-refractivity contribution in [3.05, 3.63) is 212 Å². The summed E-state index contributed by atoms with van der Waals surface area (Å²) in [6, 6.07) is 75.1. The van der Waals surface area contributed by atoms with Gasteiger partial charge in [0, 0.05) is 32.9 Å². The van der Waals surface area contributed by atoms with Gasteiger partial charge in [0.15, 0.2) is 5.58 Å². The summed E-state index contributed by atoms with van der Waals surface area (Å²) in [7, 11) is 0. The summed E-state index contributed by atoms with van der Waals surface area (Å²) in [5.74, 6) is 0. The molecule has 0 aliphatic heterocycles. The molecule has 2 heterocycles. The van der Waals surface area contributed by atoms with Crippen molar-refractivity contribution in [1.29, 1.82) is 0 Å². The maximum Gasteiger partial charge on any atom is 0.159 e. The van der Waals surface area contributed by atoms with Gasteiger partial charge in [-0.2, -0.15) is 0 Å². The van der Waals surface area contributed by atoms with Gasteiger partial charge in [-0.05, 0) is 99.1 Å². The van der Waals surface area contributed by atoms with E-state index in [4.69, 9.17) is 8.83 Å². The van der Waals surface area contributed by atoms with E-state index in [9.17, 15) is 0 Å². The number of nitrogens with zero attached hydrogens (tertiary/aromatic N) is 1. The Labute approximate surface area is 330 Å². The topological polar surface area (TPSA) is 29.5 Å². The SMILES string of the molecule is c1ccc(-c2cc(N(c3ccccc3)c3ccc(-c4ccccc4)c(-c4ccccc4-c4ccccc4)c3)c3oc4ccc5oc6ccccc6c5c4c3c2)cc1. The van der Waals surface area contributed by atoms with Crippen LogP contribution in [0.3, 0.4) is 0 Å². The summed E-state index contributed by atoms with van der Waals surface area (Å²) in [6.45, 7) is 0.